The third-order valence-corrected chi connectivity index (χ3v) is 4.74. The lowest BCUT2D eigenvalue weighted by atomic mass is 10.1. The molecule has 0 unspecified atom stereocenters. The van der Waals surface area contributed by atoms with E-state index >= 15 is 0 Å². The summed E-state index contributed by atoms with van der Waals surface area (Å²) in [6.45, 7) is 1.44. The molecule has 1 aliphatic heterocycles. The fourth-order valence-corrected chi connectivity index (χ4v) is 3.22. The number of carbonyl (C=O) groups is 1. The van der Waals surface area contributed by atoms with Crippen LogP contribution < -0.4 is 25.7 Å². The van der Waals surface area contributed by atoms with Crippen LogP contribution >= 0.6 is 0 Å². The Bertz CT molecular complexity index is 1080. The summed E-state index contributed by atoms with van der Waals surface area (Å²) in [5.74, 6) is 2.12. The number of hydrogen-bond donors (Lipinski definition) is 3. The maximum Gasteiger partial charge on any atom is 0.272 e. The van der Waals surface area contributed by atoms with Crippen LogP contribution in [0.15, 0.2) is 47.3 Å². The first kappa shape index (κ1) is 18.8. The minimum atomic E-state index is -0.208. The number of aromatic amines is 1. The Balaban J connectivity index is 1.19. The summed E-state index contributed by atoms with van der Waals surface area (Å²) in [4.78, 5) is 23.9. The molecular formula is C21H22N4O4. The molecule has 0 atom stereocenters. The number of H-pyrrole nitrogens is 1. The van der Waals surface area contributed by atoms with Crippen molar-refractivity contribution in [1.82, 2.24) is 15.5 Å². The highest BCUT2D eigenvalue weighted by Crippen LogP contribution is 2.32. The highest BCUT2D eigenvalue weighted by molar-refractivity contribution is 5.90. The van der Waals surface area contributed by atoms with Crippen molar-refractivity contribution in [2.24, 2.45) is 0 Å². The first-order valence-corrected chi connectivity index (χ1v) is 9.57. The molecule has 2 heterocycles. The molecule has 1 amide bonds. The van der Waals surface area contributed by atoms with Crippen molar-refractivity contribution in [3.8, 4) is 11.5 Å². The Morgan fingerprint density at radius 2 is 1.90 bits per heavy atom. The molecule has 29 heavy (non-hydrogen) atoms. The molecule has 0 bridgehead atoms. The number of aryl methyl sites for hydroxylation is 1. The number of rotatable bonds is 8. The average molecular weight is 394 g/mol. The van der Waals surface area contributed by atoms with Gasteiger partial charge in [-0.3, -0.25) is 9.59 Å². The normalized spacial score (nSPS) is 12.1. The summed E-state index contributed by atoms with van der Waals surface area (Å²) in [7, 11) is 0. The van der Waals surface area contributed by atoms with E-state index in [1.165, 1.54) is 0 Å². The zero-order chi connectivity index (χ0) is 20.1. The van der Waals surface area contributed by atoms with Gasteiger partial charge in [0.25, 0.3) is 5.56 Å². The smallest absolute Gasteiger partial charge is 0.272 e. The first-order chi connectivity index (χ1) is 14.2. The van der Waals surface area contributed by atoms with Gasteiger partial charge in [0.2, 0.25) is 12.7 Å². The minimum absolute atomic E-state index is 0.00952. The van der Waals surface area contributed by atoms with Crippen LogP contribution in [0, 0.1) is 0 Å². The largest absolute Gasteiger partial charge is 0.454 e. The molecule has 1 aliphatic rings. The van der Waals surface area contributed by atoms with E-state index in [0.717, 1.165) is 28.9 Å². The van der Waals surface area contributed by atoms with Gasteiger partial charge in [-0.2, -0.15) is 5.10 Å². The first-order valence-electron chi connectivity index (χ1n) is 9.57. The zero-order valence-electron chi connectivity index (χ0n) is 15.9. The van der Waals surface area contributed by atoms with E-state index in [4.69, 9.17) is 9.47 Å². The van der Waals surface area contributed by atoms with Crippen LogP contribution in [0.4, 0.5) is 5.82 Å². The third kappa shape index (κ3) is 4.48. The highest BCUT2D eigenvalue weighted by Gasteiger charge is 2.13. The van der Waals surface area contributed by atoms with E-state index < -0.39 is 0 Å². The van der Waals surface area contributed by atoms with Gasteiger partial charge in [-0.15, -0.1) is 0 Å². The minimum Gasteiger partial charge on any atom is -0.454 e. The van der Waals surface area contributed by atoms with Crippen LogP contribution in [-0.2, 0) is 11.2 Å². The molecule has 8 nitrogen and oxygen atoms in total. The predicted molar refractivity (Wildman–Crippen MR) is 109 cm³/mol. The van der Waals surface area contributed by atoms with Crippen molar-refractivity contribution in [1.29, 1.82) is 0 Å². The van der Waals surface area contributed by atoms with E-state index in [1.54, 1.807) is 6.07 Å². The number of benzene rings is 2. The number of aromatic nitrogens is 2. The summed E-state index contributed by atoms with van der Waals surface area (Å²) in [5, 5.41) is 14.1. The molecule has 1 aromatic heterocycles. The van der Waals surface area contributed by atoms with Crippen molar-refractivity contribution in [2.45, 2.75) is 19.3 Å². The number of ether oxygens (including phenoxy) is 2. The Labute approximate surface area is 167 Å². The lowest BCUT2D eigenvalue weighted by Crippen LogP contribution is -2.26. The van der Waals surface area contributed by atoms with Crippen LogP contribution in [0.3, 0.4) is 0 Å². The number of fused-ring (bicyclic) bond motifs is 2. The number of nitrogens with zero attached hydrogens (tertiary/aromatic N) is 1. The van der Waals surface area contributed by atoms with Crippen molar-refractivity contribution < 1.29 is 14.3 Å². The van der Waals surface area contributed by atoms with Gasteiger partial charge in [0.15, 0.2) is 17.3 Å². The summed E-state index contributed by atoms with van der Waals surface area (Å²) in [6, 6.07) is 13.1. The molecular weight excluding hydrogens is 372 g/mol. The van der Waals surface area contributed by atoms with Crippen LogP contribution in [0.5, 0.6) is 11.5 Å². The van der Waals surface area contributed by atoms with Gasteiger partial charge in [0, 0.05) is 24.9 Å². The average Bonchev–Trinajstić information content (AvgIpc) is 3.21. The Kier molecular flexibility index (Phi) is 5.60. The summed E-state index contributed by atoms with van der Waals surface area (Å²) >= 11 is 0. The standard InChI is InChI=1S/C21H22N4O4/c26-19(9-7-14-6-8-17-18(12-14)29-13-28-17)22-10-3-11-23-20-15-4-1-2-5-16(15)21(27)25-24-20/h1-2,4-6,8,12H,3,7,9-11,13H2,(H,22,26)(H,23,24)(H,25,27). The fraction of sp³-hybridized carbons (Fsp3) is 0.286. The molecule has 3 N–H and O–H groups in total. The molecule has 0 radical (unpaired) electrons. The second-order valence-corrected chi connectivity index (χ2v) is 6.76. The number of nitrogens with one attached hydrogen (secondary N) is 3. The highest BCUT2D eigenvalue weighted by atomic mass is 16.7. The number of amides is 1. The SMILES string of the molecule is O=C(CCc1ccc2c(c1)OCO2)NCCCNc1n[nH]c(=O)c2ccccc12. The molecule has 0 spiro atoms. The maximum atomic E-state index is 12.1. The lowest BCUT2D eigenvalue weighted by molar-refractivity contribution is -0.121. The van der Waals surface area contributed by atoms with Gasteiger partial charge < -0.3 is 20.1 Å². The quantitative estimate of drug-likeness (QED) is 0.506. The van der Waals surface area contributed by atoms with Gasteiger partial charge in [0.1, 0.15) is 0 Å². The van der Waals surface area contributed by atoms with Gasteiger partial charge >= 0.3 is 0 Å². The second-order valence-electron chi connectivity index (χ2n) is 6.76. The predicted octanol–water partition coefficient (Wildman–Crippen LogP) is 2.20. The molecule has 150 valence electrons. The molecule has 8 heteroatoms. The Morgan fingerprint density at radius 3 is 2.79 bits per heavy atom. The lowest BCUT2D eigenvalue weighted by Gasteiger charge is -2.09. The van der Waals surface area contributed by atoms with Gasteiger partial charge in [-0.1, -0.05) is 24.3 Å². The molecule has 3 aromatic rings. The molecule has 2 aromatic carbocycles. The van der Waals surface area contributed by atoms with Crippen molar-refractivity contribution in [3.05, 3.63) is 58.4 Å². The Morgan fingerprint density at radius 1 is 1.07 bits per heavy atom. The van der Waals surface area contributed by atoms with Crippen LogP contribution in [0.25, 0.3) is 10.8 Å². The summed E-state index contributed by atoms with van der Waals surface area (Å²) in [5.41, 5.74) is 0.836. The molecule has 0 saturated carbocycles. The fourth-order valence-electron chi connectivity index (χ4n) is 3.22. The van der Waals surface area contributed by atoms with Crippen molar-refractivity contribution in [3.63, 3.8) is 0 Å². The number of anilines is 1. The second kappa shape index (κ2) is 8.64. The van der Waals surface area contributed by atoms with Crippen molar-refractivity contribution >= 4 is 22.5 Å². The van der Waals surface area contributed by atoms with E-state index in [9.17, 15) is 9.59 Å². The molecule has 0 aliphatic carbocycles. The zero-order valence-corrected chi connectivity index (χ0v) is 15.9. The van der Waals surface area contributed by atoms with Crippen molar-refractivity contribution in [2.75, 3.05) is 25.2 Å². The van der Waals surface area contributed by atoms with Crippen LogP contribution in [0.1, 0.15) is 18.4 Å². The summed E-state index contributed by atoms with van der Waals surface area (Å²) in [6.07, 6.45) is 1.80. The van der Waals surface area contributed by atoms with Crippen LogP contribution in [-0.4, -0.2) is 36.0 Å². The molecule has 4 rings (SSSR count). The molecule has 0 saturated heterocycles. The third-order valence-electron chi connectivity index (χ3n) is 4.74. The Hall–Kier alpha value is -3.55. The van der Waals surface area contributed by atoms with E-state index in [0.29, 0.717) is 37.1 Å². The maximum absolute atomic E-state index is 12.1. The van der Waals surface area contributed by atoms with E-state index in [1.807, 2.05) is 36.4 Å². The number of carbonyl (C=O) groups excluding carboxylic acids is 1. The monoisotopic (exact) mass is 394 g/mol. The van der Waals surface area contributed by atoms with Crippen LogP contribution in [0.2, 0.25) is 0 Å². The topological polar surface area (TPSA) is 105 Å². The molecule has 0 fully saturated rings. The summed E-state index contributed by atoms with van der Waals surface area (Å²) < 4.78 is 10.6. The van der Waals surface area contributed by atoms with E-state index in [-0.39, 0.29) is 18.3 Å². The van der Waals surface area contributed by atoms with Gasteiger partial charge in [0.05, 0.1) is 5.39 Å². The van der Waals surface area contributed by atoms with Gasteiger partial charge in [-0.25, -0.2) is 5.10 Å². The van der Waals surface area contributed by atoms with E-state index in [2.05, 4.69) is 20.8 Å². The van der Waals surface area contributed by atoms with Gasteiger partial charge in [-0.05, 0) is 36.6 Å². The number of hydrogen-bond acceptors (Lipinski definition) is 6.